The van der Waals surface area contributed by atoms with Crippen molar-refractivity contribution in [3.8, 4) is 0 Å². The van der Waals surface area contributed by atoms with Crippen molar-refractivity contribution in [3.05, 3.63) is 58.1 Å². The summed E-state index contributed by atoms with van der Waals surface area (Å²) in [5, 5.41) is 0. The van der Waals surface area contributed by atoms with Gasteiger partial charge in [0.05, 0.1) is 19.2 Å². The molecular weight excluding hydrogens is 335 g/mol. The van der Waals surface area contributed by atoms with Gasteiger partial charge in [-0.2, -0.15) is 0 Å². The molecule has 0 atom stereocenters. The van der Waals surface area contributed by atoms with E-state index in [0.29, 0.717) is 35.4 Å². The third-order valence-electron chi connectivity index (χ3n) is 4.82. The molecule has 0 bridgehead atoms. The summed E-state index contributed by atoms with van der Waals surface area (Å²) in [7, 11) is 1.31. The summed E-state index contributed by atoms with van der Waals surface area (Å²) in [6, 6.07) is 4.25. The van der Waals surface area contributed by atoms with Crippen LogP contribution in [0.2, 0.25) is 0 Å². The van der Waals surface area contributed by atoms with Crippen LogP contribution >= 0.6 is 0 Å². The first-order chi connectivity index (χ1) is 12.2. The maximum atomic E-state index is 13.5. The van der Waals surface area contributed by atoms with E-state index in [0.717, 1.165) is 5.57 Å². The second-order valence-electron chi connectivity index (χ2n) is 7.18. The van der Waals surface area contributed by atoms with Crippen LogP contribution in [0.1, 0.15) is 29.8 Å². The highest BCUT2D eigenvalue weighted by atomic mass is 19.1. The molecule has 0 spiro atoms. The van der Waals surface area contributed by atoms with Crippen molar-refractivity contribution in [2.24, 2.45) is 10.4 Å². The lowest BCUT2D eigenvalue weighted by Crippen LogP contribution is -2.36. The number of methoxy groups -OCH3 is 1. The molecule has 1 aromatic carbocycles. The van der Waals surface area contributed by atoms with Gasteiger partial charge in [-0.05, 0) is 36.3 Å². The maximum Gasteiger partial charge on any atom is 0.340 e. The molecule has 0 unspecified atom stereocenters. The monoisotopic (exact) mass is 356 g/mol. The number of halogens is 1. The fourth-order valence-corrected chi connectivity index (χ4v) is 3.34. The Balaban J connectivity index is 2.07. The minimum atomic E-state index is -0.517. The van der Waals surface area contributed by atoms with Gasteiger partial charge < -0.3 is 9.64 Å². The molecule has 0 saturated carbocycles. The molecule has 0 N–H and O–H groups in total. The lowest BCUT2D eigenvalue weighted by molar-refractivity contribution is -0.135. The summed E-state index contributed by atoms with van der Waals surface area (Å²) in [6.45, 7) is 6.52. The van der Waals surface area contributed by atoms with Crippen LogP contribution in [0.3, 0.4) is 0 Å². The standard InChI is InChI=1S/C20H21FN2O3/c1-12-7-13(5-6-17(12)21)18(24)23-10-15(19(25)26-4)14-8-22-9-16(14)20(2,3)11-23/h5-8,10H,9,11H2,1-4H3. The van der Waals surface area contributed by atoms with E-state index in [-0.39, 0.29) is 17.1 Å². The van der Waals surface area contributed by atoms with E-state index >= 15 is 0 Å². The van der Waals surface area contributed by atoms with E-state index < -0.39 is 5.97 Å². The van der Waals surface area contributed by atoms with Crippen LogP contribution in [0.4, 0.5) is 4.39 Å². The number of nitrogens with zero attached hydrogens (tertiary/aromatic N) is 2. The van der Waals surface area contributed by atoms with Crippen molar-refractivity contribution in [3.63, 3.8) is 0 Å². The molecule has 2 aliphatic rings. The second-order valence-corrected chi connectivity index (χ2v) is 7.18. The molecule has 0 aliphatic carbocycles. The Morgan fingerprint density at radius 1 is 1.31 bits per heavy atom. The molecule has 0 radical (unpaired) electrons. The maximum absolute atomic E-state index is 13.5. The predicted molar refractivity (Wildman–Crippen MR) is 96.4 cm³/mol. The van der Waals surface area contributed by atoms with Crippen molar-refractivity contribution >= 4 is 18.1 Å². The molecule has 1 amide bonds. The summed E-state index contributed by atoms with van der Waals surface area (Å²) < 4.78 is 18.4. The smallest absolute Gasteiger partial charge is 0.340 e. The van der Waals surface area contributed by atoms with Crippen LogP contribution in [0.5, 0.6) is 0 Å². The molecule has 136 valence electrons. The zero-order valence-electron chi connectivity index (χ0n) is 15.3. The number of amides is 1. The van der Waals surface area contributed by atoms with Crippen molar-refractivity contribution in [1.82, 2.24) is 4.90 Å². The highest BCUT2D eigenvalue weighted by Crippen LogP contribution is 2.38. The highest BCUT2D eigenvalue weighted by Gasteiger charge is 2.37. The van der Waals surface area contributed by atoms with Gasteiger partial charge in [0.25, 0.3) is 5.91 Å². The average molecular weight is 356 g/mol. The summed E-state index contributed by atoms with van der Waals surface area (Å²) in [5.74, 6) is -1.17. The van der Waals surface area contributed by atoms with E-state index in [1.807, 2.05) is 13.8 Å². The molecule has 0 saturated heterocycles. The molecule has 2 aliphatic heterocycles. The zero-order chi connectivity index (χ0) is 19.1. The van der Waals surface area contributed by atoms with Crippen LogP contribution < -0.4 is 0 Å². The van der Waals surface area contributed by atoms with Gasteiger partial charge in [0.1, 0.15) is 5.82 Å². The lowest BCUT2D eigenvalue weighted by Gasteiger charge is -2.30. The highest BCUT2D eigenvalue weighted by molar-refractivity contribution is 6.06. The quantitative estimate of drug-likeness (QED) is 0.765. The number of benzene rings is 1. The molecule has 1 aromatic rings. The number of hydrogen-bond donors (Lipinski definition) is 0. The Morgan fingerprint density at radius 3 is 2.69 bits per heavy atom. The lowest BCUT2D eigenvalue weighted by atomic mass is 9.81. The topological polar surface area (TPSA) is 59.0 Å². The van der Waals surface area contributed by atoms with Crippen molar-refractivity contribution in [2.45, 2.75) is 20.8 Å². The molecule has 0 aromatic heterocycles. The minimum absolute atomic E-state index is 0.291. The van der Waals surface area contributed by atoms with Crippen molar-refractivity contribution in [2.75, 3.05) is 20.2 Å². The molecule has 6 heteroatoms. The van der Waals surface area contributed by atoms with E-state index in [1.165, 1.54) is 36.4 Å². The Kier molecular flexibility index (Phi) is 4.52. The molecule has 5 nitrogen and oxygen atoms in total. The van der Waals surface area contributed by atoms with E-state index in [4.69, 9.17) is 4.74 Å². The van der Waals surface area contributed by atoms with Gasteiger partial charge in [-0.1, -0.05) is 13.8 Å². The third-order valence-corrected chi connectivity index (χ3v) is 4.82. The first-order valence-electron chi connectivity index (χ1n) is 8.35. The number of carbonyl (C=O) groups excluding carboxylic acids is 2. The summed E-state index contributed by atoms with van der Waals surface area (Å²) in [4.78, 5) is 31.1. The molecule has 3 rings (SSSR count). The fraction of sp³-hybridized carbons (Fsp3) is 0.350. The Morgan fingerprint density at radius 2 is 2.04 bits per heavy atom. The van der Waals surface area contributed by atoms with Gasteiger partial charge in [0.15, 0.2) is 0 Å². The number of ether oxygens (including phenoxy) is 1. The second kappa shape index (κ2) is 6.52. The van der Waals surface area contributed by atoms with Gasteiger partial charge in [-0.25, -0.2) is 9.18 Å². The van der Waals surface area contributed by atoms with Crippen LogP contribution in [0, 0.1) is 18.2 Å². The Bertz CT molecular complexity index is 881. The van der Waals surface area contributed by atoms with E-state index in [1.54, 1.807) is 13.1 Å². The Hall–Kier alpha value is -2.76. The van der Waals surface area contributed by atoms with Crippen LogP contribution in [0.15, 0.2) is 46.1 Å². The number of carbonyl (C=O) groups is 2. The van der Waals surface area contributed by atoms with Crippen LogP contribution in [-0.2, 0) is 9.53 Å². The van der Waals surface area contributed by atoms with Gasteiger partial charge in [-0.3, -0.25) is 9.79 Å². The average Bonchev–Trinajstić information content (AvgIpc) is 3.06. The summed E-state index contributed by atoms with van der Waals surface area (Å²) in [5.41, 5.74) is 2.42. The first-order valence-corrected chi connectivity index (χ1v) is 8.35. The number of aryl methyl sites for hydroxylation is 1. The van der Waals surface area contributed by atoms with E-state index in [2.05, 4.69) is 4.99 Å². The zero-order valence-corrected chi connectivity index (χ0v) is 15.3. The normalized spacial score (nSPS) is 18.3. The molecule has 2 heterocycles. The van der Waals surface area contributed by atoms with Gasteiger partial charge in [0.2, 0.25) is 0 Å². The number of hydrogen-bond acceptors (Lipinski definition) is 4. The summed E-state index contributed by atoms with van der Waals surface area (Å²) in [6.07, 6.45) is 3.18. The van der Waals surface area contributed by atoms with Gasteiger partial charge >= 0.3 is 5.97 Å². The van der Waals surface area contributed by atoms with Crippen LogP contribution in [0.25, 0.3) is 0 Å². The summed E-state index contributed by atoms with van der Waals surface area (Å²) >= 11 is 0. The number of esters is 1. The minimum Gasteiger partial charge on any atom is -0.465 e. The third kappa shape index (κ3) is 3.07. The SMILES string of the molecule is COC(=O)C1=CN(C(=O)c2ccc(F)c(C)c2)CC(C)(C)C2=C1C=NC2. The number of rotatable bonds is 2. The largest absolute Gasteiger partial charge is 0.465 e. The molecule has 0 fully saturated rings. The molecule has 26 heavy (non-hydrogen) atoms. The number of aliphatic imine (C=N–C) groups is 1. The molecular formula is C20H21FN2O3. The van der Waals surface area contributed by atoms with E-state index in [9.17, 15) is 14.0 Å². The van der Waals surface area contributed by atoms with Crippen molar-refractivity contribution < 1.29 is 18.7 Å². The first kappa shape index (κ1) is 18.0. The fourth-order valence-electron chi connectivity index (χ4n) is 3.34. The van der Waals surface area contributed by atoms with Gasteiger partial charge in [0, 0.05) is 35.5 Å². The predicted octanol–water partition coefficient (Wildman–Crippen LogP) is 3.05. The Labute approximate surface area is 151 Å². The van der Waals surface area contributed by atoms with Gasteiger partial charge in [-0.15, -0.1) is 0 Å². The van der Waals surface area contributed by atoms with Crippen molar-refractivity contribution in [1.29, 1.82) is 0 Å². The van der Waals surface area contributed by atoms with Crippen LogP contribution in [-0.4, -0.2) is 43.2 Å².